The van der Waals surface area contributed by atoms with Crippen molar-refractivity contribution < 1.29 is 23.1 Å². The Labute approximate surface area is 124 Å². The second kappa shape index (κ2) is 5.92. The zero-order valence-corrected chi connectivity index (χ0v) is 12.8. The molecule has 1 heterocycles. The zero-order valence-electron chi connectivity index (χ0n) is 12.0. The molecule has 3 N–H and O–H groups in total. The van der Waals surface area contributed by atoms with Gasteiger partial charge in [0.1, 0.15) is 6.54 Å². The molecule has 2 aliphatic rings. The molecule has 0 radical (unpaired) electrons. The summed E-state index contributed by atoms with van der Waals surface area (Å²) in [6.07, 6.45) is 3.31. The maximum atomic E-state index is 12.5. The largest absolute Gasteiger partial charge is 0.480 e. The van der Waals surface area contributed by atoms with Crippen LogP contribution in [0.5, 0.6) is 0 Å². The minimum Gasteiger partial charge on any atom is -0.480 e. The number of carboxylic acid groups (broad SMARTS) is 1. The van der Waals surface area contributed by atoms with Gasteiger partial charge in [0, 0.05) is 12.5 Å². The number of aliphatic carboxylic acids is 1. The first kappa shape index (κ1) is 16.2. The van der Waals surface area contributed by atoms with Crippen molar-refractivity contribution in [1.82, 2.24) is 4.90 Å². The lowest BCUT2D eigenvalue weighted by atomic mass is 9.66. The predicted octanol–water partition coefficient (Wildman–Crippen LogP) is -0.394. The molecule has 120 valence electrons. The third kappa shape index (κ3) is 3.74. The summed E-state index contributed by atoms with van der Waals surface area (Å²) < 4.78 is 23.1. The number of hydrogen-bond donors (Lipinski definition) is 2. The van der Waals surface area contributed by atoms with Crippen molar-refractivity contribution in [3.8, 4) is 0 Å². The number of carbonyl (C=O) groups is 2. The van der Waals surface area contributed by atoms with Gasteiger partial charge in [0.25, 0.3) is 0 Å². The molecule has 1 atom stereocenters. The van der Waals surface area contributed by atoms with Gasteiger partial charge in [-0.1, -0.05) is 6.42 Å². The molecule has 21 heavy (non-hydrogen) atoms. The molecular formula is C13H22N2O5S. The number of carboxylic acids is 1. The molecule has 1 saturated heterocycles. The third-order valence-electron chi connectivity index (χ3n) is 4.65. The first-order valence-electron chi connectivity index (χ1n) is 7.19. The molecule has 7 nitrogen and oxygen atoms in total. The summed E-state index contributed by atoms with van der Waals surface area (Å²) in [5.74, 6) is -1.53. The molecular weight excluding hydrogens is 296 g/mol. The van der Waals surface area contributed by atoms with Crippen LogP contribution in [0.25, 0.3) is 0 Å². The van der Waals surface area contributed by atoms with Crippen LogP contribution in [-0.2, 0) is 19.4 Å². The Morgan fingerprint density at radius 3 is 2.38 bits per heavy atom. The van der Waals surface area contributed by atoms with E-state index in [1.807, 2.05) is 0 Å². The number of carbonyl (C=O) groups excluding carboxylic acids is 1. The normalized spacial score (nSPS) is 26.0. The van der Waals surface area contributed by atoms with Crippen molar-refractivity contribution in [2.24, 2.45) is 11.1 Å². The maximum absolute atomic E-state index is 12.5. The zero-order chi connectivity index (χ0) is 15.7. The standard InChI is InChI=1S/C13H22N2O5S/c14-9-13(3-1-4-13)6-11(16)15(7-12(17)18)10-2-5-21(19,20)8-10/h10H,1-9,14H2,(H,17,18). The van der Waals surface area contributed by atoms with Crippen LogP contribution in [0.15, 0.2) is 0 Å². The van der Waals surface area contributed by atoms with E-state index in [-0.39, 0.29) is 29.2 Å². The Balaban J connectivity index is 2.08. The van der Waals surface area contributed by atoms with Crippen LogP contribution in [0.3, 0.4) is 0 Å². The molecule has 0 bridgehead atoms. The fourth-order valence-corrected chi connectivity index (χ4v) is 4.87. The van der Waals surface area contributed by atoms with Gasteiger partial charge in [-0.15, -0.1) is 0 Å². The first-order chi connectivity index (χ1) is 9.77. The van der Waals surface area contributed by atoms with E-state index >= 15 is 0 Å². The van der Waals surface area contributed by atoms with E-state index in [1.54, 1.807) is 0 Å². The highest BCUT2D eigenvalue weighted by Gasteiger charge is 2.41. The van der Waals surface area contributed by atoms with Crippen LogP contribution in [0.4, 0.5) is 0 Å². The molecule has 1 amide bonds. The van der Waals surface area contributed by atoms with E-state index in [1.165, 1.54) is 4.90 Å². The van der Waals surface area contributed by atoms with Crippen molar-refractivity contribution in [3.63, 3.8) is 0 Å². The highest BCUT2D eigenvalue weighted by Crippen LogP contribution is 2.43. The van der Waals surface area contributed by atoms with Gasteiger partial charge in [-0.25, -0.2) is 8.42 Å². The van der Waals surface area contributed by atoms with Crippen molar-refractivity contribution >= 4 is 21.7 Å². The van der Waals surface area contributed by atoms with Crippen LogP contribution in [-0.4, -0.2) is 60.9 Å². The van der Waals surface area contributed by atoms with E-state index in [4.69, 9.17) is 10.8 Å². The summed E-state index contributed by atoms with van der Waals surface area (Å²) in [7, 11) is -3.16. The topological polar surface area (TPSA) is 118 Å². The molecule has 1 aliphatic heterocycles. The lowest BCUT2D eigenvalue weighted by Gasteiger charge is -2.42. The summed E-state index contributed by atoms with van der Waals surface area (Å²) in [5.41, 5.74) is 5.52. The third-order valence-corrected chi connectivity index (χ3v) is 6.40. The summed E-state index contributed by atoms with van der Waals surface area (Å²) in [4.78, 5) is 24.7. The van der Waals surface area contributed by atoms with Gasteiger partial charge in [0.2, 0.25) is 5.91 Å². The van der Waals surface area contributed by atoms with Gasteiger partial charge in [-0.2, -0.15) is 0 Å². The highest BCUT2D eigenvalue weighted by atomic mass is 32.2. The minimum absolute atomic E-state index is 0.0170. The number of hydrogen-bond acceptors (Lipinski definition) is 5. The highest BCUT2D eigenvalue weighted by molar-refractivity contribution is 7.91. The van der Waals surface area contributed by atoms with Crippen LogP contribution < -0.4 is 5.73 Å². The number of amides is 1. The van der Waals surface area contributed by atoms with Gasteiger partial charge in [-0.05, 0) is 31.2 Å². The summed E-state index contributed by atoms with van der Waals surface area (Å²) >= 11 is 0. The fraction of sp³-hybridized carbons (Fsp3) is 0.846. The van der Waals surface area contributed by atoms with E-state index in [2.05, 4.69) is 0 Å². The lowest BCUT2D eigenvalue weighted by molar-refractivity contribution is -0.147. The first-order valence-corrected chi connectivity index (χ1v) is 9.01. The molecule has 8 heteroatoms. The Morgan fingerprint density at radius 1 is 1.33 bits per heavy atom. The van der Waals surface area contributed by atoms with E-state index in [9.17, 15) is 18.0 Å². The second-order valence-corrected chi connectivity index (χ2v) is 8.44. The van der Waals surface area contributed by atoms with Gasteiger partial charge >= 0.3 is 5.97 Å². The minimum atomic E-state index is -3.16. The van der Waals surface area contributed by atoms with Crippen LogP contribution >= 0.6 is 0 Å². The fourth-order valence-electron chi connectivity index (χ4n) is 3.14. The van der Waals surface area contributed by atoms with Crippen molar-refractivity contribution in [2.75, 3.05) is 24.6 Å². The van der Waals surface area contributed by atoms with Crippen molar-refractivity contribution in [2.45, 2.75) is 38.1 Å². The van der Waals surface area contributed by atoms with Gasteiger partial charge in [-0.3, -0.25) is 9.59 Å². The SMILES string of the molecule is NCC1(CC(=O)N(CC(=O)O)C2CCS(=O)(=O)C2)CCC1. The Morgan fingerprint density at radius 2 is 2.00 bits per heavy atom. The maximum Gasteiger partial charge on any atom is 0.323 e. The molecule has 0 aromatic heterocycles. The molecule has 0 aromatic rings. The number of nitrogens with two attached hydrogens (primary N) is 1. The van der Waals surface area contributed by atoms with Gasteiger partial charge in [0.15, 0.2) is 9.84 Å². The van der Waals surface area contributed by atoms with E-state index in [0.717, 1.165) is 19.3 Å². The molecule has 0 aromatic carbocycles. The molecule has 2 fully saturated rings. The van der Waals surface area contributed by atoms with Crippen LogP contribution in [0.2, 0.25) is 0 Å². The molecule has 2 rings (SSSR count). The second-order valence-electron chi connectivity index (χ2n) is 6.21. The van der Waals surface area contributed by atoms with E-state index < -0.39 is 28.4 Å². The lowest BCUT2D eigenvalue weighted by Crippen LogP contribution is -2.48. The smallest absolute Gasteiger partial charge is 0.323 e. The van der Waals surface area contributed by atoms with Crippen molar-refractivity contribution in [1.29, 1.82) is 0 Å². The Hall–Kier alpha value is -1.15. The van der Waals surface area contributed by atoms with Gasteiger partial charge < -0.3 is 15.7 Å². The molecule has 1 aliphatic carbocycles. The number of nitrogens with zero attached hydrogens (tertiary/aromatic N) is 1. The van der Waals surface area contributed by atoms with Crippen molar-refractivity contribution in [3.05, 3.63) is 0 Å². The Bertz CT molecular complexity index is 521. The molecule has 0 spiro atoms. The Kier molecular flexibility index (Phi) is 4.57. The summed E-state index contributed by atoms with van der Waals surface area (Å²) in [6.45, 7) is -0.0394. The predicted molar refractivity (Wildman–Crippen MR) is 76.4 cm³/mol. The number of sulfone groups is 1. The average Bonchev–Trinajstić information content (AvgIpc) is 2.70. The quantitative estimate of drug-likeness (QED) is 0.688. The monoisotopic (exact) mass is 318 g/mol. The molecule has 1 saturated carbocycles. The van der Waals surface area contributed by atoms with E-state index in [0.29, 0.717) is 13.0 Å². The summed E-state index contributed by atoms with van der Waals surface area (Å²) in [5, 5.41) is 8.98. The van der Waals surface area contributed by atoms with Crippen LogP contribution in [0.1, 0.15) is 32.1 Å². The number of rotatable bonds is 6. The summed E-state index contributed by atoms with van der Waals surface area (Å²) in [6, 6.07) is -0.520. The molecule has 1 unspecified atom stereocenters. The average molecular weight is 318 g/mol. The van der Waals surface area contributed by atoms with Crippen LogP contribution in [0, 0.1) is 5.41 Å². The van der Waals surface area contributed by atoms with Gasteiger partial charge in [0.05, 0.1) is 11.5 Å².